The minimum absolute atomic E-state index is 0. The smallest absolute Gasteiger partial charge is 0.330 e. The van der Waals surface area contributed by atoms with E-state index in [1.165, 1.54) is 20.0 Å². The number of hydrogen-bond acceptors (Lipinski definition) is 7. The van der Waals surface area contributed by atoms with E-state index < -0.39 is 29.0 Å². The Morgan fingerprint density at radius 1 is 1.26 bits per heavy atom. The summed E-state index contributed by atoms with van der Waals surface area (Å²) in [6, 6.07) is 3.29. The summed E-state index contributed by atoms with van der Waals surface area (Å²) < 4.78 is 11.0. The van der Waals surface area contributed by atoms with Crippen LogP contribution in [0, 0.1) is 5.92 Å². The minimum atomic E-state index is -0.986. The van der Waals surface area contributed by atoms with Crippen molar-refractivity contribution >= 4 is 24.3 Å². The van der Waals surface area contributed by atoms with E-state index in [1.807, 2.05) is 6.07 Å². The first kappa shape index (κ1) is 23.5. The second-order valence-corrected chi connectivity index (χ2v) is 10.3. The topological polar surface area (TPSA) is 108 Å². The van der Waals surface area contributed by atoms with Crippen LogP contribution in [0.15, 0.2) is 24.3 Å². The molecule has 1 aromatic carbocycles. The number of hydrogen-bond donors (Lipinski definition) is 3. The molecule has 2 unspecified atom stereocenters. The molecule has 0 radical (unpaired) electrons. The number of phenols is 1. The molecule has 3 fully saturated rings. The largest absolute Gasteiger partial charge is 0.504 e. The number of carbonyl (C=O) groups excluding carboxylic acids is 2. The van der Waals surface area contributed by atoms with E-state index in [0.717, 1.165) is 48.7 Å². The van der Waals surface area contributed by atoms with E-state index in [0.29, 0.717) is 25.0 Å². The number of likely N-dealkylation sites (tertiary alicyclic amines) is 1. The molecular formula is C25H31ClN2O6. The standard InChI is InChI=1S/C25H30N2O6.ClH/c1-32-20(30)7-6-19(29)26-16-8-9-25(31)18-12-15-4-5-17(28)22-21(15)24(25,23(16)33-22)10-11-27(18)13-14-2-3-14;/h4-7,14,16,18,23,28,31H,2-3,8-13H2,1H3,(H,26,29);1H/b7-6+;/t16?,18?,23-,24-,25+;/m0./s1. The number of methoxy groups -OCH3 is 1. The van der Waals surface area contributed by atoms with Gasteiger partial charge >= 0.3 is 5.97 Å². The molecule has 2 bridgehead atoms. The zero-order chi connectivity index (χ0) is 23.0. The van der Waals surface area contributed by atoms with Crippen LogP contribution in [0.2, 0.25) is 0 Å². The summed E-state index contributed by atoms with van der Waals surface area (Å²) in [5.41, 5.74) is 0.390. The number of nitrogens with one attached hydrogen (secondary N) is 1. The molecule has 184 valence electrons. The molecule has 1 amide bonds. The van der Waals surface area contributed by atoms with Gasteiger partial charge in [0.05, 0.1) is 24.2 Å². The van der Waals surface area contributed by atoms with E-state index in [1.54, 1.807) is 6.07 Å². The third kappa shape index (κ3) is 3.18. The van der Waals surface area contributed by atoms with Crippen molar-refractivity contribution in [2.45, 2.75) is 67.7 Å². The van der Waals surface area contributed by atoms with Crippen LogP contribution in [0.1, 0.15) is 43.2 Å². The molecule has 1 aromatic rings. The molecule has 5 atom stereocenters. The molecule has 6 rings (SSSR count). The lowest BCUT2D eigenvalue weighted by molar-refractivity contribution is -0.192. The molecule has 1 spiro atoms. The molecule has 3 aliphatic carbocycles. The number of carbonyl (C=O) groups is 2. The van der Waals surface area contributed by atoms with Gasteiger partial charge in [0.2, 0.25) is 5.91 Å². The van der Waals surface area contributed by atoms with Gasteiger partial charge in [0.1, 0.15) is 6.10 Å². The molecular weight excluding hydrogens is 460 g/mol. The summed E-state index contributed by atoms with van der Waals surface area (Å²) >= 11 is 0. The van der Waals surface area contributed by atoms with Crippen LogP contribution < -0.4 is 10.1 Å². The summed E-state index contributed by atoms with van der Waals surface area (Å²) in [7, 11) is 1.26. The van der Waals surface area contributed by atoms with Crippen molar-refractivity contribution in [2.75, 3.05) is 20.2 Å². The number of piperidine rings is 1. The number of phenolic OH excluding ortho intramolecular Hbond substituents is 1. The van der Waals surface area contributed by atoms with Crippen LogP contribution in [-0.2, 0) is 26.2 Å². The van der Waals surface area contributed by atoms with Crippen LogP contribution >= 0.6 is 12.4 Å². The Hall–Kier alpha value is -2.29. The molecule has 8 nitrogen and oxygen atoms in total. The number of amides is 1. The van der Waals surface area contributed by atoms with Crippen LogP contribution in [0.4, 0.5) is 0 Å². The highest BCUT2D eigenvalue weighted by Crippen LogP contribution is 2.65. The van der Waals surface area contributed by atoms with E-state index in [4.69, 9.17) is 4.74 Å². The molecule has 3 N–H and O–H groups in total. The fourth-order valence-electron chi connectivity index (χ4n) is 7.07. The predicted molar refractivity (Wildman–Crippen MR) is 125 cm³/mol. The van der Waals surface area contributed by atoms with Crippen molar-refractivity contribution < 1.29 is 29.3 Å². The first-order chi connectivity index (χ1) is 15.9. The van der Waals surface area contributed by atoms with Gasteiger partial charge < -0.3 is 25.0 Å². The van der Waals surface area contributed by atoms with E-state index in [9.17, 15) is 19.8 Å². The lowest BCUT2D eigenvalue weighted by atomic mass is 9.48. The van der Waals surface area contributed by atoms with E-state index in [-0.39, 0.29) is 30.2 Å². The zero-order valence-electron chi connectivity index (χ0n) is 19.2. The Balaban J connectivity index is 0.00000241. The van der Waals surface area contributed by atoms with Gasteiger partial charge in [0, 0.05) is 30.3 Å². The number of aromatic hydroxyl groups is 1. The van der Waals surface area contributed by atoms with Gasteiger partial charge in [-0.15, -0.1) is 12.4 Å². The first-order valence-corrected chi connectivity index (χ1v) is 11.9. The van der Waals surface area contributed by atoms with Crippen LogP contribution in [0.25, 0.3) is 0 Å². The fraction of sp³-hybridized carbons (Fsp3) is 0.600. The number of nitrogens with zero attached hydrogens (tertiary/aromatic N) is 1. The van der Waals surface area contributed by atoms with Crippen molar-refractivity contribution in [1.29, 1.82) is 0 Å². The highest BCUT2D eigenvalue weighted by Gasteiger charge is 2.73. The summed E-state index contributed by atoms with van der Waals surface area (Å²) in [5.74, 6) is 0.256. The maximum absolute atomic E-state index is 12.6. The normalized spacial score (nSPS) is 35.2. The fourth-order valence-corrected chi connectivity index (χ4v) is 7.07. The van der Waals surface area contributed by atoms with E-state index >= 15 is 0 Å². The Labute approximate surface area is 204 Å². The second kappa shape index (κ2) is 8.14. The van der Waals surface area contributed by atoms with Gasteiger partial charge in [-0.2, -0.15) is 0 Å². The zero-order valence-corrected chi connectivity index (χ0v) is 20.0. The summed E-state index contributed by atoms with van der Waals surface area (Å²) in [6.07, 6.45) is 6.84. The van der Waals surface area contributed by atoms with Gasteiger partial charge in [0.15, 0.2) is 11.5 Å². The van der Waals surface area contributed by atoms with Gasteiger partial charge in [-0.1, -0.05) is 6.07 Å². The van der Waals surface area contributed by atoms with E-state index in [2.05, 4.69) is 15.0 Å². The summed E-state index contributed by atoms with van der Waals surface area (Å²) in [5, 5.41) is 26.0. The monoisotopic (exact) mass is 490 g/mol. The Morgan fingerprint density at radius 2 is 2.06 bits per heavy atom. The average Bonchev–Trinajstić information content (AvgIpc) is 3.54. The molecule has 2 aliphatic heterocycles. The van der Waals surface area contributed by atoms with Crippen LogP contribution in [-0.4, -0.2) is 71.0 Å². The number of esters is 1. The Bertz CT molecular complexity index is 1060. The maximum Gasteiger partial charge on any atom is 0.330 e. The molecule has 1 saturated heterocycles. The Morgan fingerprint density at radius 3 is 2.79 bits per heavy atom. The minimum Gasteiger partial charge on any atom is -0.504 e. The second-order valence-electron chi connectivity index (χ2n) is 10.3. The lowest BCUT2D eigenvalue weighted by Crippen LogP contribution is -2.78. The Kier molecular flexibility index (Phi) is 5.61. The van der Waals surface area contributed by atoms with Gasteiger partial charge in [0.25, 0.3) is 0 Å². The first-order valence-electron chi connectivity index (χ1n) is 11.9. The average molecular weight is 491 g/mol. The lowest BCUT2D eigenvalue weighted by Gasteiger charge is -2.64. The van der Waals surface area contributed by atoms with Crippen LogP contribution in [0.3, 0.4) is 0 Å². The molecule has 2 heterocycles. The van der Waals surface area contributed by atoms with Gasteiger partial charge in [-0.25, -0.2) is 4.79 Å². The molecule has 0 aromatic heterocycles. The number of aliphatic hydroxyl groups is 1. The highest BCUT2D eigenvalue weighted by atomic mass is 35.5. The SMILES string of the molecule is COC(=O)/C=C/C(=O)NC1CC[C@@]2(O)C3Cc4ccc(O)c5c4[C@@]2(CCN3CC2CC2)[C@H]1O5.Cl. The quantitative estimate of drug-likeness (QED) is 0.425. The third-order valence-corrected chi connectivity index (χ3v) is 8.66. The van der Waals surface area contributed by atoms with Gasteiger partial charge in [-0.3, -0.25) is 9.69 Å². The molecule has 5 aliphatic rings. The predicted octanol–water partition coefficient (Wildman–Crippen LogP) is 1.59. The van der Waals surface area contributed by atoms with Crippen molar-refractivity contribution in [3.8, 4) is 11.5 Å². The summed E-state index contributed by atoms with van der Waals surface area (Å²) in [6.45, 7) is 1.88. The van der Waals surface area contributed by atoms with Crippen molar-refractivity contribution in [3.63, 3.8) is 0 Å². The summed E-state index contributed by atoms with van der Waals surface area (Å²) in [4.78, 5) is 26.4. The number of benzene rings is 1. The van der Waals surface area contributed by atoms with Crippen molar-refractivity contribution in [2.24, 2.45) is 5.92 Å². The number of rotatable bonds is 5. The van der Waals surface area contributed by atoms with Gasteiger partial charge in [-0.05, 0) is 62.6 Å². The number of ether oxygens (including phenoxy) is 2. The molecule has 9 heteroatoms. The van der Waals surface area contributed by atoms with Crippen LogP contribution in [0.5, 0.6) is 11.5 Å². The number of halogens is 1. The molecule has 2 saturated carbocycles. The van der Waals surface area contributed by atoms with Crippen molar-refractivity contribution in [3.05, 3.63) is 35.4 Å². The van der Waals surface area contributed by atoms with Crippen molar-refractivity contribution in [1.82, 2.24) is 10.2 Å². The maximum atomic E-state index is 12.6. The highest BCUT2D eigenvalue weighted by molar-refractivity contribution is 5.94. The molecule has 34 heavy (non-hydrogen) atoms. The third-order valence-electron chi connectivity index (χ3n) is 8.66.